The number of hydrogen-bond acceptors (Lipinski definition) is 5. The molecule has 142 valence electrons. The van der Waals surface area contributed by atoms with Gasteiger partial charge >= 0.3 is 0 Å². The number of carbonyl (C=O) groups is 1. The first kappa shape index (κ1) is 18.2. The Kier molecular flexibility index (Phi) is 5.34. The minimum absolute atomic E-state index is 0.0129. The number of carbonyl (C=O) groups excluding carboxylic acids is 1. The fourth-order valence-corrected chi connectivity index (χ4v) is 3.25. The lowest BCUT2D eigenvalue weighted by atomic mass is 10.2. The Morgan fingerprint density at radius 2 is 1.75 bits per heavy atom. The summed E-state index contributed by atoms with van der Waals surface area (Å²) in [6, 6.07) is 11.3. The van der Waals surface area contributed by atoms with Gasteiger partial charge in [0.2, 0.25) is 5.91 Å². The zero-order valence-corrected chi connectivity index (χ0v) is 15.9. The van der Waals surface area contributed by atoms with E-state index in [1.807, 2.05) is 47.5 Å². The van der Waals surface area contributed by atoms with Crippen LogP contribution in [0.1, 0.15) is 5.56 Å². The molecule has 4 rings (SSSR count). The van der Waals surface area contributed by atoms with Crippen LogP contribution in [0.2, 0.25) is 5.02 Å². The maximum absolute atomic E-state index is 12.4. The molecule has 28 heavy (non-hydrogen) atoms. The van der Waals surface area contributed by atoms with E-state index in [9.17, 15) is 4.79 Å². The molecule has 1 aromatic carbocycles. The molecule has 1 saturated heterocycles. The Morgan fingerprint density at radius 1 is 1.00 bits per heavy atom. The van der Waals surface area contributed by atoms with Crippen molar-refractivity contribution < 1.29 is 4.79 Å². The average Bonchev–Trinajstić information content (AvgIpc) is 3.28. The van der Waals surface area contributed by atoms with Gasteiger partial charge in [0.05, 0.1) is 0 Å². The molecular weight excluding hydrogens is 376 g/mol. The van der Waals surface area contributed by atoms with Gasteiger partial charge in [-0.2, -0.15) is 0 Å². The molecule has 0 atom stereocenters. The summed E-state index contributed by atoms with van der Waals surface area (Å²) in [5.41, 5.74) is 0.837. The van der Waals surface area contributed by atoms with Crippen molar-refractivity contribution in [3.05, 3.63) is 71.8 Å². The van der Waals surface area contributed by atoms with E-state index >= 15 is 0 Å². The molecule has 1 aliphatic heterocycles. The van der Waals surface area contributed by atoms with Crippen molar-refractivity contribution in [1.29, 1.82) is 0 Å². The summed E-state index contributed by atoms with van der Waals surface area (Å²) in [7, 11) is 0. The summed E-state index contributed by atoms with van der Waals surface area (Å²) in [4.78, 5) is 20.4. The summed E-state index contributed by atoms with van der Waals surface area (Å²) in [6.45, 7) is 2.70. The highest BCUT2D eigenvalue weighted by atomic mass is 35.5. The molecule has 0 saturated carbocycles. The SMILES string of the molecule is O=C(C=Cc1ccccc1Cl)N1CCN(c2ccc(-n3ccnc3)nn2)CC1. The van der Waals surface area contributed by atoms with Gasteiger partial charge in [0.1, 0.15) is 6.33 Å². The van der Waals surface area contributed by atoms with Crippen LogP contribution in [0.15, 0.2) is 61.2 Å². The van der Waals surface area contributed by atoms with Gasteiger partial charge in [0, 0.05) is 49.7 Å². The first-order valence-electron chi connectivity index (χ1n) is 8.99. The fourth-order valence-electron chi connectivity index (χ4n) is 3.05. The van der Waals surface area contributed by atoms with E-state index < -0.39 is 0 Å². The number of nitrogens with zero attached hydrogens (tertiary/aromatic N) is 6. The number of benzene rings is 1. The minimum Gasteiger partial charge on any atom is -0.352 e. The highest BCUT2D eigenvalue weighted by molar-refractivity contribution is 6.32. The topological polar surface area (TPSA) is 67.2 Å². The number of rotatable bonds is 4. The summed E-state index contributed by atoms with van der Waals surface area (Å²) in [6.07, 6.45) is 8.55. The van der Waals surface area contributed by atoms with Gasteiger partial charge < -0.3 is 9.80 Å². The van der Waals surface area contributed by atoms with Crippen molar-refractivity contribution in [1.82, 2.24) is 24.6 Å². The number of imidazole rings is 1. The van der Waals surface area contributed by atoms with Gasteiger partial charge in [-0.05, 0) is 29.8 Å². The Labute approximate surface area is 167 Å². The van der Waals surface area contributed by atoms with E-state index in [0.29, 0.717) is 31.2 Å². The maximum Gasteiger partial charge on any atom is 0.246 e. The van der Waals surface area contributed by atoms with E-state index in [1.54, 1.807) is 29.2 Å². The average molecular weight is 395 g/mol. The van der Waals surface area contributed by atoms with Crippen LogP contribution < -0.4 is 4.90 Å². The molecule has 1 aliphatic rings. The summed E-state index contributed by atoms with van der Waals surface area (Å²) < 4.78 is 1.80. The molecular formula is C20H19ClN6O. The molecule has 0 radical (unpaired) electrons. The van der Waals surface area contributed by atoms with Crippen LogP contribution in [0.5, 0.6) is 0 Å². The number of piperazine rings is 1. The van der Waals surface area contributed by atoms with Gasteiger partial charge in [0.15, 0.2) is 11.6 Å². The van der Waals surface area contributed by atoms with Crippen molar-refractivity contribution >= 4 is 29.4 Å². The number of hydrogen-bond donors (Lipinski definition) is 0. The van der Waals surface area contributed by atoms with Gasteiger partial charge in [-0.15, -0.1) is 10.2 Å². The highest BCUT2D eigenvalue weighted by Crippen LogP contribution is 2.17. The monoisotopic (exact) mass is 394 g/mol. The van der Waals surface area contributed by atoms with Crippen LogP contribution in [0.4, 0.5) is 5.82 Å². The highest BCUT2D eigenvalue weighted by Gasteiger charge is 2.20. The first-order chi connectivity index (χ1) is 13.7. The normalized spacial score (nSPS) is 14.6. The largest absolute Gasteiger partial charge is 0.352 e. The smallest absolute Gasteiger partial charge is 0.246 e. The second-order valence-corrected chi connectivity index (χ2v) is 6.79. The van der Waals surface area contributed by atoms with E-state index in [1.165, 1.54) is 0 Å². The van der Waals surface area contributed by atoms with Gasteiger partial charge in [-0.3, -0.25) is 9.36 Å². The third-order valence-electron chi connectivity index (χ3n) is 4.63. The predicted octanol–water partition coefficient (Wildman–Crippen LogP) is 2.68. The molecule has 8 heteroatoms. The van der Waals surface area contributed by atoms with Crippen molar-refractivity contribution in [2.24, 2.45) is 0 Å². The van der Waals surface area contributed by atoms with Crippen LogP contribution >= 0.6 is 11.6 Å². The molecule has 1 fully saturated rings. The summed E-state index contributed by atoms with van der Waals surface area (Å²) in [5, 5.41) is 9.19. The van der Waals surface area contributed by atoms with Crippen molar-refractivity contribution in [3.8, 4) is 5.82 Å². The minimum atomic E-state index is -0.0129. The quantitative estimate of drug-likeness (QED) is 0.636. The molecule has 0 aliphatic carbocycles. The van der Waals surface area contributed by atoms with Crippen LogP contribution in [0, 0.1) is 0 Å². The Hall–Kier alpha value is -3.19. The zero-order valence-electron chi connectivity index (χ0n) is 15.1. The third-order valence-corrected chi connectivity index (χ3v) is 4.98. The van der Waals surface area contributed by atoms with Crippen LogP contribution in [-0.4, -0.2) is 56.7 Å². The molecule has 3 heterocycles. The van der Waals surface area contributed by atoms with Crippen molar-refractivity contribution in [2.75, 3.05) is 31.1 Å². The fraction of sp³-hybridized carbons (Fsp3) is 0.200. The summed E-state index contributed by atoms with van der Waals surface area (Å²) >= 11 is 6.12. The Morgan fingerprint density at radius 3 is 2.43 bits per heavy atom. The molecule has 1 amide bonds. The second kappa shape index (κ2) is 8.22. The Bertz CT molecular complexity index is 963. The van der Waals surface area contributed by atoms with Gasteiger partial charge in [-0.1, -0.05) is 29.8 Å². The third kappa shape index (κ3) is 4.04. The standard InChI is InChI=1S/C20H19ClN6O/c21-17-4-2-1-3-16(17)5-8-20(28)26-13-11-25(12-14-26)18-6-7-19(24-23-18)27-10-9-22-15-27/h1-10,15H,11-14H2. The number of anilines is 1. The van der Waals surface area contributed by atoms with E-state index in [2.05, 4.69) is 20.1 Å². The predicted molar refractivity (Wildman–Crippen MR) is 108 cm³/mol. The molecule has 2 aromatic heterocycles. The number of aromatic nitrogens is 4. The Balaban J connectivity index is 1.34. The van der Waals surface area contributed by atoms with Crippen molar-refractivity contribution in [2.45, 2.75) is 0 Å². The molecule has 0 unspecified atom stereocenters. The first-order valence-corrected chi connectivity index (χ1v) is 9.37. The lowest BCUT2D eigenvalue weighted by Gasteiger charge is -2.34. The number of halogens is 1. The van der Waals surface area contributed by atoms with Gasteiger partial charge in [0.25, 0.3) is 0 Å². The van der Waals surface area contributed by atoms with Crippen LogP contribution in [-0.2, 0) is 4.79 Å². The van der Waals surface area contributed by atoms with Crippen molar-refractivity contribution in [3.63, 3.8) is 0 Å². The van der Waals surface area contributed by atoms with E-state index in [4.69, 9.17) is 11.6 Å². The van der Waals surface area contributed by atoms with Crippen LogP contribution in [0.3, 0.4) is 0 Å². The second-order valence-electron chi connectivity index (χ2n) is 6.39. The van der Waals surface area contributed by atoms with E-state index in [-0.39, 0.29) is 5.91 Å². The molecule has 7 nitrogen and oxygen atoms in total. The lowest BCUT2D eigenvalue weighted by Crippen LogP contribution is -2.48. The zero-order chi connectivity index (χ0) is 19.3. The van der Waals surface area contributed by atoms with Crippen LogP contribution in [0.25, 0.3) is 11.9 Å². The number of amides is 1. The summed E-state index contributed by atoms with van der Waals surface area (Å²) in [5.74, 6) is 1.52. The van der Waals surface area contributed by atoms with Gasteiger partial charge in [-0.25, -0.2) is 4.98 Å². The lowest BCUT2D eigenvalue weighted by molar-refractivity contribution is -0.126. The maximum atomic E-state index is 12.4. The van der Waals surface area contributed by atoms with E-state index in [0.717, 1.165) is 17.2 Å². The molecule has 3 aromatic rings. The molecule has 0 bridgehead atoms. The molecule has 0 spiro atoms. The molecule has 0 N–H and O–H groups in total.